The van der Waals surface area contributed by atoms with Gasteiger partial charge in [0.1, 0.15) is 17.5 Å². The van der Waals surface area contributed by atoms with Crippen LogP contribution >= 0.6 is 0 Å². The Morgan fingerprint density at radius 2 is 1.94 bits per heavy atom. The Bertz CT molecular complexity index is 445. The Labute approximate surface area is 92.5 Å². The van der Waals surface area contributed by atoms with Crippen LogP contribution in [0.5, 0.6) is 0 Å². The summed E-state index contributed by atoms with van der Waals surface area (Å²) < 4.78 is 12.6. The van der Waals surface area contributed by atoms with Crippen LogP contribution in [0.4, 0.5) is 4.39 Å². The smallest absolute Gasteiger partial charge is 0.180 e. The molecular formula is C12H10FNO2. The molecule has 1 unspecified atom stereocenters. The number of nitrogens with zero attached hydrogens (tertiary/aromatic N) is 1. The van der Waals surface area contributed by atoms with Crippen LogP contribution < -0.4 is 0 Å². The average molecular weight is 219 g/mol. The lowest BCUT2D eigenvalue weighted by atomic mass is 9.94. The fraction of sp³-hybridized carbons (Fsp3) is 0.250. The molecule has 0 bridgehead atoms. The summed E-state index contributed by atoms with van der Waals surface area (Å²) in [4.78, 5) is 22.6. The zero-order valence-electron chi connectivity index (χ0n) is 8.74. The van der Waals surface area contributed by atoms with E-state index in [0.717, 1.165) is 12.1 Å². The number of Topliss-reactive ketones (excluding diaryl/α,β-unsaturated/α-hetero) is 2. The van der Waals surface area contributed by atoms with Crippen LogP contribution in [0, 0.1) is 23.1 Å². The molecule has 0 fully saturated rings. The normalized spacial score (nSPS) is 11.6. The number of hydrogen-bond acceptors (Lipinski definition) is 3. The first-order valence-corrected chi connectivity index (χ1v) is 4.73. The van der Waals surface area contributed by atoms with E-state index in [1.54, 1.807) is 6.07 Å². The largest absolute Gasteiger partial charge is 0.300 e. The summed E-state index contributed by atoms with van der Waals surface area (Å²) in [5.74, 6) is -2.10. The molecule has 0 aliphatic carbocycles. The number of halogens is 1. The van der Waals surface area contributed by atoms with Crippen LogP contribution in [0.2, 0.25) is 0 Å². The summed E-state index contributed by atoms with van der Waals surface area (Å²) in [6.07, 6.45) is -0.104. The predicted octanol–water partition coefficient (Wildman–Crippen LogP) is 2.13. The maximum atomic E-state index is 12.6. The number of nitriles is 1. The van der Waals surface area contributed by atoms with E-state index in [4.69, 9.17) is 5.26 Å². The van der Waals surface area contributed by atoms with E-state index < -0.39 is 17.5 Å². The zero-order valence-corrected chi connectivity index (χ0v) is 8.74. The van der Waals surface area contributed by atoms with E-state index in [-0.39, 0.29) is 17.8 Å². The van der Waals surface area contributed by atoms with E-state index in [0.29, 0.717) is 0 Å². The van der Waals surface area contributed by atoms with Crippen LogP contribution in [0.1, 0.15) is 23.7 Å². The lowest BCUT2D eigenvalue weighted by molar-refractivity contribution is -0.117. The second-order valence-electron chi connectivity index (χ2n) is 3.46. The molecule has 0 N–H and O–H groups in total. The van der Waals surface area contributed by atoms with E-state index in [9.17, 15) is 14.0 Å². The second kappa shape index (κ2) is 5.17. The number of carbonyl (C=O) groups is 2. The SMILES string of the molecule is CC(=O)CC(C#N)C(=O)c1ccc(F)cc1. The van der Waals surface area contributed by atoms with Gasteiger partial charge in [0.05, 0.1) is 6.07 Å². The molecule has 3 nitrogen and oxygen atoms in total. The molecule has 0 aliphatic heterocycles. The fourth-order valence-electron chi connectivity index (χ4n) is 1.30. The third-order valence-electron chi connectivity index (χ3n) is 2.09. The lowest BCUT2D eigenvalue weighted by Crippen LogP contribution is -2.16. The summed E-state index contributed by atoms with van der Waals surface area (Å²) in [6.45, 7) is 1.32. The van der Waals surface area contributed by atoms with Crippen LogP contribution in [-0.4, -0.2) is 11.6 Å². The number of carbonyl (C=O) groups excluding carboxylic acids is 2. The number of hydrogen-bond donors (Lipinski definition) is 0. The third kappa shape index (κ3) is 2.99. The van der Waals surface area contributed by atoms with Crippen molar-refractivity contribution in [3.05, 3.63) is 35.6 Å². The molecule has 16 heavy (non-hydrogen) atoms. The van der Waals surface area contributed by atoms with E-state index in [1.165, 1.54) is 19.1 Å². The van der Waals surface area contributed by atoms with Crippen molar-refractivity contribution in [3.8, 4) is 6.07 Å². The molecule has 4 heteroatoms. The lowest BCUT2D eigenvalue weighted by Gasteiger charge is -2.05. The van der Waals surface area contributed by atoms with Crippen LogP contribution in [-0.2, 0) is 4.79 Å². The van der Waals surface area contributed by atoms with Gasteiger partial charge in [-0.25, -0.2) is 4.39 Å². The minimum atomic E-state index is -0.983. The van der Waals surface area contributed by atoms with E-state index >= 15 is 0 Å². The quantitative estimate of drug-likeness (QED) is 0.729. The van der Waals surface area contributed by atoms with Crippen molar-refractivity contribution in [1.29, 1.82) is 5.26 Å². The second-order valence-corrected chi connectivity index (χ2v) is 3.46. The van der Waals surface area contributed by atoms with Crippen molar-refractivity contribution in [3.63, 3.8) is 0 Å². The molecule has 1 aromatic carbocycles. The first-order chi connectivity index (χ1) is 7.54. The Morgan fingerprint density at radius 1 is 1.38 bits per heavy atom. The van der Waals surface area contributed by atoms with Crippen molar-refractivity contribution >= 4 is 11.6 Å². The van der Waals surface area contributed by atoms with E-state index in [1.807, 2.05) is 0 Å². The zero-order chi connectivity index (χ0) is 12.1. The van der Waals surface area contributed by atoms with Gasteiger partial charge in [-0.05, 0) is 31.2 Å². The summed E-state index contributed by atoms with van der Waals surface area (Å²) in [5.41, 5.74) is 0.245. The maximum Gasteiger partial charge on any atom is 0.180 e. The molecule has 0 amide bonds. The number of benzene rings is 1. The molecule has 1 atom stereocenters. The van der Waals surface area contributed by atoms with Gasteiger partial charge in [0.25, 0.3) is 0 Å². The molecule has 82 valence electrons. The Kier molecular flexibility index (Phi) is 3.90. The predicted molar refractivity (Wildman–Crippen MR) is 55.1 cm³/mol. The highest BCUT2D eigenvalue weighted by Gasteiger charge is 2.21. The summed E-state index contributed by atoms with van der Waals surface area (Å²) in [6, 6.07) is 6.69. The van der Waals surface area contributed by atoms with Crippen LogP contribution in [0.15, 0.2) is 24.3 Å². The Hall–Kier alpha value is -2.02. The molecule has 0 radical (unpaired) electrons. The Morgan fingerprint density at radius 3 is 2.38 bits per heavy atom. The molecule has 0 aromatic heterocycles. The Balaban J connectivity index is 2.88. The van der Waals surface area contributed by atoms with Gasteiger partial charge < -0.3 is 0 Å². The average Bonchev–Trinajstić information content (AvgIpc) is 2.25. The van der Waals surface area contributed by atoms with Gasteiger partial charge in [-0.15, -0.1) is 0 Å². The molecule has 1 rings (SSSR count). The van der Waals surface area contributed by atoms with Crippen LogP contribution in [0.3, 0.4) is 0 Å². The van der Waals surface area contributed by atoms with Gasteiger partial charge in [-0.1, -0.05) is 0 Å². The summed E-state index contributed by atoms with van der Waals surface area (Å²) in [7, 11) is 0. The molecule has 0 saturated heterocycles. The van der Waals surface area contributed by atoms with Gasteiger partial charge in [-0.2, -0.15) is 5.26 Å². The first-order valence-electron chi connectivity index (χ1n) is 4.73. The molecule has 0 aliphatic rings. The molecule has 0 heterocycles. The molecular weight excluding hydrogens is 209 g/mol. The fourth-order valence-corrected chi connectivity index (χ4v) is 1.30. The highest BCUT2D eigenvalue weighted by atomic mass is 19.1. The standard InChI is InChI=1S/C12H10FNO2/c1-8(15)6-10(7-14)12(16)9-2-4-11(13)5-3-9/h2-5,10H,6H2,1H3. The third-order valence-corrected chi connectivity index (χ3v) is 2.09. The van der Waals surface area contributed by atoms with Crippen molar-refractivity contribution in [2.75, 3.05) is 0 Å². The molecule has 0 saturated carbocycles. The van der Waals surface area contributed by atoms with Gasteiger partial charge >= 0.3 is 0 Å². The van der Waals surface area contributed by atoms with Gasteiger partial charge in [0, 0.05) is 12.0 Å². The molecule has 1 aromatic rings. The highest BCUT2D eigenvalue weighted by molar-refractivity contribution is 6.01. The van der Waals surface area contributed by atoms with Crippen molar-refractivity contribution in [2.45, 2.75) is 13.3 Å². The minimum absolute atomic E-state index is 0.104. The van der Waals surface area contributed by atoms with Gasteiger partial charge in [-0.3, -0.25) is 9.59 Å². The molecule has 0 spiro atoms. The van der Waals surface area contributed by atoms with Crippen molar-refractivity contribution in [2.24, 2.45) is 5.92 Å². The first kappa shape index (κ1) is 12.1. The van der Waals surface area contributed by atoms with Crippen LogP contribution in [0.25, 0.3) is 0 Å². The highest BCUT2D eigenvalue weighted by Crippen LogP contribution is 2.13. The van der Waals surface area contributed by atoms with E-state index in [2.05, 4.69) is 0 Å². The number of ketones is 2. The summed E-state index contributed by atoms with van der Waals surface area (Å²) >= 11 is 0. The maximum absolute atomic E-state index is 12.6. The van der Waals surface area contributed by atoms with Gasteiger partial charge in [0.2, 0.25) is 0 Å². The topological polar surface area (TPSA) is 57.9 Å². The summed E-state index contributed by atoms with van der Waals surface area (Å²) in [5, 5.41) is 8.76. The van der Waals surface area contributed by atoms with Gasteiger partial charge in [0.15, 0.2) is 5.78 Å². The van der Waals surface area contributed by atoms with Crippen molar-refractivity contribution < 1.29 is 14.0 Å². The van der Waals surface area contributed by atoms with Crippen molar-refractivity contribution in [1.82, 2.24) is 0 Å². The minimum Gasteiger partial charge on any atom is -0.300 e. The number of rotatable bonds is 4. The monoisotopic (exact) mass is 219 g/mol.